The zero-order chi connectivity index (χ0) is 18.5. The van der Waals surface area contributed by atoms with Gasteiger partial charge in [0.1, 0.15) is 17.5 Å². The molecule has 8 nitrogen and oxygen atoms in total. The minimum absolute atomic E-state index is 0.372. The molecule has 2 aliphatic heterocycles. The van der Waals surface area contributed by atoms with Crippen molar-refractivity contribution in [2.45, 2.75) is 42.0 Å². The van der Waals surface area contributed by atoms with Crippen molar-refractivity contribution in [3.05, 3.63) is 22.4 Å². The van der Waals surface area contributed by atoms with E-state index in [1.807, 2.05) is 0 Å². The van der Waals surface area contributed by atoms with Crippen molar-refractivity contribution in [3.8, 4) is 0 Å². The Bertz CT molecular complexity index is 747. The van der Waals surface area contributed by atoms with Crippen LogP contribution in [0.25, 0.3) is 0 Å². The van der Waals surface area contributed by atoms with Crippen LogP contribution in [-0.2, 0) is 19.2 Å². The molecule has 3 heterocycles. The van der Waals surface area contributed by atoms with Gasteiger partial charge in [-0.25, -0.2) is 4.79 Å². The number of nitrogens with one attached hydrogen (secondary N) is 1. The van der Waals surface area contributed by atoms with Gasteiger partial charge < -0.3 is 20.4 Å². The summed E-state index contributed by atoms with van der Waals surface area (Å²) in [5, 5.41) is 22.4. The Morgan fingerprint density at radius 2 is 2.00 bits per heavy atom. The number of fused-ring (bicyclic) bond motifs is 1. The SMILES string of the molecule is CC1(C)S[C@@H]2[C@H](NC(=O)C(C(=O)O)c3cccs3)C(=O)N2[C@H]1C(=O)O. The average Bonchev–Trinajstić information content (AvgIpc) is 3.09. The molecule has 1 unspecified atom stereocenters. The summed E-state index contributed by atoms with van der Waals surface area (Å²) >= 11 is 2.43. The van der Waals surface area contributed by atoms with Crippen molar-refractivity contribution in [1.29, 1.82) is 0 Å². The van der Waals surface area contributed by atoms with E-state index in [1.54, 1.807) is 31.4 Å². The molecule has 1 aromatic rings. The highest BCUT2D eigenvalue weighted by Gasteiger charge is 2.64. The highest BCUT2D eigenvalue weighted by molar-refractivity contribution is 8.01. The first-order valence-corrected chi connectivity index (χ1v) is 9.20. The lowest BCUT2D eigenvalue weighted by Crippen LogP contribution is -2.71. The fourth-order valence-electron chi connectivity index (χ4n) is 3.20. The van der Waals surface area contributed by atoms with Gasteiger partial charge in [0.15, 0.2) is 5.92 Å². The Balaban J connectivity index is 1.77. The highest BCUT2D eigenvalue weighted by atomic mass is 32.2. The molecular formula is C15H16N2O6S2. The summed E-state index contributed by atoms with van der Waals surface area (Å²) in [5.74, 6) is -5.06. The lowest BCUT2D eigenvalue weighted by molar-refractivity contribution is -0.161. The molecule has 134 valence electrons. The number of aliphatic carboxylic acids is 2. The van der Waals surface area contributed by atoms with E-state index in [4.69, 9.17) is 0 Å². The maximum atomic E-state index is 12.4. The predicted molar refractivity (Wildman–Crippen MR) is 90.4 cm³/mol. The summed E-state index contributed by atoms with van der Waals surface area (Å²) in [4.78, 5) is 49.3. The number of hydrogen-bond acceptors (Lipinski definition) is 6. The van der Waals surface area contributed by atoms with E-state index < -0.39 is 51.9 Å². The molecule has 25 heavy (non-hydrogen) atoms. The number of hydrogen-bond donors (Lipinski definition) is 3. The van der Waals surface area contributed by atoms with Crippen molar-refractivity contribution in [2.24, 2.45) is 0 Å². The Kier molecular flexibility index (Phi) is 4.28. The number of rotatable bonds is 5. The summed E-state index contributed by atoms with van der Waals surface area (Å²) in [6.45, 7) is 3.46. The van der Waals surface area contributed by atoms with E-state index in [1.165, 1.54) is 16.7 Å². The summed E-state index contributed by atoms with van der Waals surface area (Å²) in [7, 11) is 0. The number of thiophene rings is 1. The van der Waals surface area contributed by atoms with Crippen LogP contribution in [0.15, 0.2) is 17.5 Å². The van der Waals surface area contributed by atoms with Crippen LogP contribution >= 0.6 is 23.1 Å². The first-order chi connectivity index (χ1) is 11.6. The normalized spacial score (nSPS) is 28.0. The molecule has 0 bridgehead atoms. The molecule has 0 radical (unpaired) electrons. The zero-order valence-electron chi connectivity index (χ0n) is 13.3. The van der Waals surface area contributed by atoms with Gasteiger partial charge >= 0.3 is 11.9 Å². The van der Waals surface area contributed by atoms with Crippen LogP contribution in [0.2, 0.25) is 0 Å². The van der Waals surface area contributed by atoms with Crippen LogP contribution in [-0.4, -0.2) is 61.1 Å². The molecule has 3 rings (SSSR count). The van der Waals surface area contributed by atoms with Crippen molar-refractivity contribution < 1.29 is 29.4 Å². The molecule has 0 aromatic carbocycles. The molecule has 4 atom stereocenters. The quantitative estimate of drug-likeness (QED) is 0.500. The first-order valence-electron chi connectivity index (χ1n) is 7.44. The number of carboxylic acid groups (broad SMARTS) is 2. The van der Waals surface area contributed by atoms with Crippen molar-refractivity contribution in [1.82, 2.24) is 10.2 Å². The van der Waals surface area contributed by atoms with Crippen LogP contribution in [0.1, 0.15) is 24.6 Å². The molecule has 1 aromatic heterocycles. The van der Waals surface area contributed by atoms with E-state index >= 15 is 0 Å². The van der Waals surface area contributed by atoms with Crippen LogP contribution in [0.3, 0.4) is 0 Å². The Hall–Kier alpha value is -2.07. The second-order valence-electron chi connectivity index (χ2n) is 6.37. The van der Waals surface area contributed by atoms with E-state index in [9.17, 15) is 29.4 Å². The number of β-lactam (4-membered cyclic amide) rings is 1. The van der Waals surface area contributed by atoms with E-state index in [2.05, 4.69) is 5.32 Å². The summed E-state index contributed by atoms with van der Waals surface area (Å²) < 4.78 is -0.703. The lowest BCUT2D eigenvalue weighted by atomic mass is 9.95. The maximum Gasteiger partial charge on any atom is 0.327 e. The third kappa shape index (κ3) is 2.78. The van der Waals surface area contributed by atoms with E-state index in [0.717, 1.165) is 11.3 Å². The topological polar surface area (TPSA) is 124 Å². The largest absolute Gasteiger partial charge is 0.480 e. The van der Waals surface area contributed by atoms with Gasteiger partial charge in [0.2, 0.25) is 11.8 Å². The van der Waals surface area contributed by atoms with Gasteiger partial charge in [0.05, 0.1) is 0 Å². The molecular weight excluding hydrogens is 368 g/mol. The highest BCUT2D eigenvalue weighted by Crippen LogP contribution is 2.50. The lowest BCUT2D eigenvalue weighted by Gasteiger charge is -2.43. The van der Waals surface area contributed by atoms with Crippen molar-refractivity contribution in [3.63, 3.8) is 0 Å². The van der Waals surface area contributed by atoms with Crippen LogP contribution in [0, 0.1) is 0 Å². The van der Waals surface area contributed by atoms with Gasteiger partial charge in [0.25, 0.3) is 0 Å². The average molecular weight is 384 g/mol. The Morgan fingerprint density at radius 1 is 1.32 bits per heavy atom. The number of thioether (sulfide) groups is 1. The van der Waals surface area contributed by atoms with Gasteiger partial charge in [-0.05, 0) is 25.3 Å². The molecule has 2 saturated heterocycles. The van der Waals surface area contributed by atoms with Crippen LogP contribution in [0.4, 0.5) is 0 Å². The van der Waals surface area contributed by atoms with Crippen LogP contribution < -0.4 is 5.32 Å². The van der Waals surface area contributed by atoms with E-state index in [-0.39, 0.29) is 0 Å². The number of amides is 2. The monoisotopic (exact) mass is 384 g/mol. The van der Waals surface area contributed by atoms with Gasteiger partial charge in [-0.1, -0.05) is 6.07 Å². The summed E-state index contributed by atoms with van der Waals surface area (Å²) in [6.07, 6.45) is 0. The smallest absolute Gasteiger partial charge is 0.327 e. The van der Waals surface area contributed by atoms with Crippen LogP contribution in [0.5, 0.6) is 0 Å². The number of nitrogens with zero attached hydrogens (tertiary/aromatic N) is 1. The predicted octanol–water partition coefficient (Wildman–Crippen LogP) is 0.548. The zero-order valence-corrected chi connectivity index (χ0v) is 15.0. The van der Waals surface area contributed by atoms with Gasteiger partial charge in [0, 0.05) is 9.62 Å². The third-order valence-electron chi connectivity index (χ3n) is 4.31. The van der Waals surface area contributed by atoms with Gasteiger partial charge in [-0.15, -0.1) is 23.1 Å². The summed E-state index contributed by atoms with van der Waals surface area (Å²) in [6, 6.07) is 1.30. The molecule has 0 aliphatic carbocycles. The molecule has 2 amide bonds. The fourth-order valence-corrected chi connectivity index (χ4v) is 5.64. The third-order valence-corrected chi connectivity index (χ3v) is 6.82. The Labute approximate surface area is 151 Å². The van der Waals surface area contributed by atoms with Crippen molar-refractivity contribution in [2.75, 3.05) is 0 Å². The first kappa shape index (κ1) is 17.7. The fraction of sp³-hybridized carbons (Fsp3) is 0.467. The second kappa shape index (κ2) is 6.03. The number of carbonyl (C=O) groups is 4. The van der Waals surface area contributed by atoms with Gasteiger partial charge in [-0.2, -0.15) is 0 Å². The minimum Gasteiger partial charge on any atom is -0.480 e. The molecule has 3 N–H and O–H groups in total. The number of carboxylic acids is 2. The standard InChI is InChI=1S/C15H16N2O6S2/c1-15(2)9(14(22)23)17-11(19)8(12(17)25-15)16-10(18)7(13(20)21)6-4-3-5-24-6/h3-5,7-9,12H,1-2H3,(H,16,18)(H,20,21)(H,22,23)/t7?,8-,9+,12-/m1/s1. The van der Waals surface area contributed by atoms with E-state index in [0.29, 0.717) is 4.88 Å². The molecule has 2 aliphatic rings. The Morgan fingerprint density at radius 3 is 2.52 bits per heavy atom. The number of carbonyl (C=O) groups excluding carboxylic acids is 2. The van der Waals surface area contributed by atoms with Gasteiger partial charge in [-0.3, -0.25) is 14.4 Å². The molecule has 10 heteroatoms. The van der Waals surface area contributed by atoms with Crippen molar-refractivity contribution >= 4 is 46.9 Å². The second-order valence-corrected chi connectivity index (χ2v) is 9.12. The maximum absolute atomic E-state index is 12.4. The summed E-state index contributed by atoms with van der Waals surface area (Å²) in [5.41, 5.74) is 0. The molecule has 2 fully saturated rings. The minimum atomic E-state index is -1.39. The molecule has 0 saturated carbocycles. The molecule has 0 spiro atoms.